The van der Waals surface area contributed by atoms with Gasteiger partial charge in [-0.1, -0.05) is 13.3 Å². The second-order valence-corrected chi connectivity index (χ2v) is 7.40. The van der Waals surface area contributed by atoms with Crippen molar-refractivity contribution in [2.24, 2.45) is 0 Å². The molecule has 0 saturated carbocycles. The van der Waals surface area contributed by atoms with E-state index in [2.05, 4.69) is 13.0 Å². The SMILES string of the molecule is CCCc1cc(C=CC(=O)c2ccc(N)cc2)c(OC(C)C)cc1OC(C)C. The molecular weight excluding hydrogens is 350 g/mol. The first-order chi connectivity index (χ1) is 13.3. The largest absolute Gasteiger partial charge is 0.491 e. The molecule has 0 aliphatic rings. The summed E-state index contributed by atoms with van der Waals surface area (Å²) in [4.78, 5) is 12.5. The molecule has 0 heterocycles. The summed E-state index contributed by atoms with van der Waals surface area (Å²) in [5.41, 5.74) is 8.92. The van der Waals surface area contributed by atoms with Gasteiger partial charge in [0.25, 0.3) is 0 Å². The van der Waals surface area contributed by atoms with Crippen LogP contribution < -0.4 is 15.2 Å². The molecule has 0 aliphatic heterocycles. The summed E-state index contributed by atoms with van der Waals surface area (Å²) in [5, 5.41) is 0. The van der Waals surface area contributed by atoms with E-state index >= 15 is 0 Å². The van der Waals surface area contributed by atoms with Gasteiger partial charge in [0.15, 0.2) is 5.78 Å². The maximum atomic E-state index is 12.5. The molecule has 0 amide bonds. The minimum Gasteiger partial charge on any atom is -0.491 e. The first kappa shape index (κ1) is 21.5. The van der Waals surface area contributed by atoms with Gasteiger partial charge < -0.3 is 15.2 Å². The molecule has 2 rings (SSSR count). The summed E-state index contributed by atoms with van der Waals surface area (Å²) >= 11 is 0. The van der Waals surface area contributed by atoms with E-state index in [0.717, 1.165) is 29.7 Å². The van der Waals surface area contributed by atoms with E-state index in [9.17, 15) is 4.79 Å². The van der Waals surface area contributed by atoms with Gasteiger partial charge in [0, 0.05) is 22.9 Å². The fourth-order valence-electron chi connectivity index (χ4n) is 2.85. The van der Waals surface area contributed by atoms with Gasteiger partial charge in [-0.2, -0.15) is 0 Å². The van der Waals surface area contributed by atoms with Crippen LogP contribution in [0.5, 0.6) is 11.5 Å². The van der Waals surface area contributed by atoms with E-state index in [1.807, 2.05) is 39.8 Å². The second kappa shape index (κ2) is 9.98. The highest BCUT2D eigenvalue weighted by Crippen LogP contribution is 2.32. The molecule has 0 spiro atoms. The fraction of sp³-hybridized carbons (Fsp3) is 0.375. The number of ketones is 1. The minimum atomic E-state index is -0.0740. The number of nitrogens with two attached hydrogens (primary N) is 1. The zero-order valence-corrected chi connectivity index (χ0v) is 17.5. The van der Waals surface area contributed by atoms with Crippen LogP contribution in [0.1, 0.15) is 62.5 Å². The normalized spacial score (nSPS) is 11.4. The Hall–Kier alpha value is -2.75. The van der Waals surface area contributed by atoms with Gasteiger partial charge >= 0.3 is 0 Å². The second-order valence-electron chi connectivity index (χ2n) is 7.40. The van der Waals surface area contributed by atoms with Crippen molar-refractivity contribution in [1.82, 2.24) is 0 Å². The lowest BCUT2D eigenvalue weighted by Crippen LogP contribution is -2.10. The summed E-state index contributed by atoms with van der Waals surface area (Å²) in [6.07, 6.45) is 5.39. The lowest BCUT2D eigenvalue weighted by Gasteiger charge is -2.19. The monoisotopic (exact) mass is 381 g/mol. The molecule has 0 saturated heterocycles. The highest BCUT2D eigenvalue weighted by Gasteiger charge is 2.13. The molecule has 0 aliphatic carbocycles. The average molecular weight is 382 g/mol. The van der Waals surface area contributed by atoms with Crippen molar-refractivity contribution in [3.63, 3.8) is 0 Å². The molecular formula is C24H31NO3. The quantitative estimate of drug-likeness (QED) is 0.344. The van der Waals surface area contributed by atoms with E-state index in [1.165, 1.54) is 0 Å². The number of carbonyl (C=O) groups excluding carboxylic acids is 1. The van der Waals surface area contributed by atoms with Crippen molar-refractivity contribution >= 4 is 17.5 Å². The molecule has 0 fully saturated rings. The molecule has 4 heteroatoms. The Kier molecular flexibility index (Phi) is 7.68. The van der Waals surface area contributed by atoms with Gasteiger partial charge in [-0.3, -0.25) is 4.79 Å². The highest BCUT2D eigenvalue weighted by atomic mass is 16.5. The summed E-state index contributed by atoms with van der Waals surface area (Å²) in [6.45, 7) is 10.1. The number of benzene rings is 2. The van der Waals surface area contributed by atoms with Crippen molar-refractivity contribution in [2.75, 3.05) is 5.73 Å². The van der Waals surface area contributed by atoms with Gasteiger partial charge in [0.1, 0.15) is 11.5 Å². The Bertz CT molecular complexity index is 820. The summed E-state index contributed by atoms with van der Waals surface area (Å²) < 4.78 is 12.0. The van der Waals surface area contributed by atoms with Crippen LogP contribution in [0.25, 0.3) is 6.08 Å². The van der Waals surface area contributed by atoms with E-state index in [4.69, 9.17) is 15.2 Å². The fourth-order valence-corrected chi connectivity index (χ4v) is 2.85. The first-order valence-corrected chi connectivity index (χ1v) is 9.88. The van der Waals surface area contributed by atoms with Crippen LogP contribution in [-0.4, -0.2) is 18.0 Å². The van der Waals surface area contributed by atoms with Crippen molar-refractivity contribution < 1.29 is 14.3 Å². The number of ether oxygens (including phenoxy) is 2. The Balaban J connectivity index is 2.40. The summed E-state index contributed by atoms with van der Waals surface area (Å²) in [5.74, 6) is 1.48. The van der Waals surface area contributed by atoms with E-state index < -0.39 is 0 Å². The number of anilines is 1. The molecule has 150 valence electrons. The molecule has 0 aromatic heterocycles. The van der Waals surface area contributed by atoms with Crippen molar-refractivity contribution in [2.45, 2.75) is 59.7 Å². The average Bonchev–Trinajstić information content (AvgIpc) is 2.62. The van der Waals surface area contributed by atoms with Crippen molar-refractivity contribution in [1.29, 1.82) is 0 Å². The molecule has 2 N–H and O–H groups in total. The van der Waals surface area contributed by atoms with Crippen LogP contribution in [0.4, 0.5) is 5.69 Å². The van der Waals surface area contributed by atoms with Crippen molar-refractivity contribution in [3.05, 3.63) is 59.2 Å². The molecule has 2 aromatic carbocycles. The Morgan fingerprint density at radius 3 is 2.18 bits per heavy atom. The van der Waals surface area contributed by atoms with Crippen LogP contribution in [0.15, 0.2) is 42.5 Å². The molecule has 0 bridgehead atoms. The maximum absolute atomic E-state index is 12.5. The van der Waals surface area contributed by atoms with E-state index in [0.29, 0.717) is 17.0 Å². The van der Waals surface area contributed by atoms with Gasteiger partial charge in [-0.05, 0) is 82.2 Å². The first-order valence-electron chi connectivity index (χ1n) is 9.88. The Labute approximate surface area is 168 Å². The molecule has 0 unspecified atom stereocenters. The van der Waals surface area contributed by atoms with Crippen LogP contribution in [0.3, 0.4) is 0 Å². The Morgan fingerprint density at radius 1 is 1.00 bits per heavy atom. The van der Waals surface area contributed by atoms with E-state index in [1.54, 1.807) is 30.3 Å². The third-order valence-electron chi connectivity index (χ3n) is 4.05. The number of allylic oxidation sites excluding steroid dienone is 1. The molecule has 4 nitrogen and oxygen atoms in total. The third kappa shape index (κ3) is 6.15. The third-order valence-corrected chi connectivity index (χ3v) is 4.05. The number of carbonyl (C=O) groups is 1. The van der Waals surface area contributed by atoms with E-state index in [-0.39, 0.29) is 18.0 Å². The molecule has 0 atom stereocenters. The maximum Gasteiger partial charge on any atom is 0.185 e. The lowest BCUT2D eigenvalue weighted by atomic mass is 10.0. The number of rotatable bonds is 9. The number of hydrogen-bond donors (Lipinski definition) is 1. The van der Waals surface area contributed by atoms with Crippen LogP contribution >= 0.6 is 0 Å². The number of hydrogen-bond acceptors (Lipinski definition) is 4. The smallest absolute Gasteiger partial charge is 0.185 e. The summed E-state index contributed by atoms with van der Waals surface area (Å²) in [7, 11) is 0. The number of nitrogen functional groups attached to an aromatic ring is 1. The molecule has 0 radical (unpaired) electrons. The van der Waals surface area contributed by atoms with Gasteiger partial charge in [0.2, 0.25) is 0 Å². The van der Waals surface area contributed by atoms with Gasteiger partial charge in [-0.15, -0.1) is 0 Å². The van der Waals surface area contributed by atoms with Gasteiger partial charge in [0.05, 0.1) is 12.2 Å². The Morgan fingerprint density at radius 2 is 1.61 bits per heavy atom. The number of aryl methyl sites for hydroxylation is 1. The molecule has 28 heavy (non-hydrogen) atoms. The predicted molar refractivity (Wildman–Crippen MR) is 116 cm³/mol. The van der Waals surface area contributed by atoms with Crippen LogP contribution in [-0.2, 0) is 6.42 Å². The highest BCUT2D eigenvalue weighted by molar-refractivity contribution is 6.07. The predicted octanol–water partition coefficient (Wildman–Crippen LogP) is 5.69. The standard InChI is InChI=1S/C24H31NO3/c1-6-7-19-14-20(10-13-22(26)18-8-11-21(25)12-9-18)24(28-17(4)5)15-23(19)27-16(2)3/h8-17H,6-7,25H2,1-5H3. The summed E-state index contributed by atoms with van der Waals surface area (Å²) in [6, 6.07) is 10.9. The van der Waals surface area contributed by atoms with Crippen LogP contribution in [0, 0.1) is 0 Å². The van der Waals surface area contributed by atoms with Gasteiger partial charge in [-0.25, -0.2) is 0 Å². The molecule has 2 aromatic rings. The zero-order chi connectivity index (χ0) is 20.7. The van der Waals surface area contributed by atoms with Crippen LogP contribution in [0.2, 0.25) is 0 Å². The topological polar surface area (TPSA) is 61.6 Å². The minimum absolute atomic E-state index is 0.0175. The zero-order valence-electron chi connectivity index (χ0n) is 17.5. The van der Waals surface area contributed by atoms with Crippen molar-refractivity contribution in [3.8, 4) is 11.5 Å². The lowest BCUT2D eigenvalue weighted by molar-refractivity contribution is 0.104.